The fourth-order valence-corrected chi connectivity index (χ4v) is 3.16. The summed E-state index contributed by atoms with van der Waals surface area (Å²) in [7, 11) is 0. The summed E-state index contributed by atoms with van der Waals surface area (Å²) in [5.74, 6) is -0.243. The van der Waals surface area contributed by atoms with Gasteiger partial charge in [-0.2, -0.15) is 18.3 Å². The molecule has 146 valence electrons. The minimum Gasteiger partial charge on any atom is -0.494 e. The molecule has 0 saturated carbocycles. The van der Waals surface area contributed by atoms with Gasteiger partial charge >= 0.3 is 6.18 Å². The number of benzene rings is 2. The zero-order chi connectivity index (χ0) is 20.6. The number of aromatic hydroxyl groups is 1. The number of halogens is 3. The highest BCUT2D eigenvalue weighted by Gasteiger charge is 2.31. The van der Waals surface area contributed by atoms with Crippen LogP contribution < -0.4 is 11.2 Å². The molecular weight excluding hydrogens is 389 g/mol. The molecule has 0 aliphatic heterocycles. The number of aromatic nitrogens is 1. The molecule has 5 nitrogen and oxygen atoms in total. The second kappa shape index (κ2) is 7.16. The van der Waals surface area contributed by atoms with Crippen LogP contribution in [-0.4, -0.2) is 21.0 Å². The first-order valence-electron chi connectivity index (χ1n) is 8.19. The van der Waals surface area contributed by atoms with Crippen LogP contribution in [0.25, 0.3) is 16.6 Å². The van der Waals surface area contributed by atoms with Crippen LogP contribution in [0.5, 0.6) is 5.88 Å². The van der Waals surface area contributed by atoms with E-state index < -0.39 is 11.7 Å². The van der Waals surface area contributed by atoms with Crippen molar-refractivity contribution in [3.05, 3.63) is 58.7 Å². The maximum Gasteiger partial charge on any atom is 0.416 e. The molecular formula is C19H17F3N4OS. The Morgan fingerprint density at radius 3 is 2.39 bits per heavy atom. The van der Waals surface area contributed by atoms with Crippen LogP contribution >= 0.6 is 12.2 Å². The monoisotopic (exact) mass is 406 g/mol. The summed E-state index contributed by atoms with van der Waals surface area (Å²) in [4.78, 5) is 0. The van der Waals surface area contributed by atoms with Crippen LogP contribution in [0.2, 0.25) is 0 Å². The van der Waals surface area contributed by atoms with Gasteiger partial charge in [0.2, 0.25) is 5.88 Å². The van der Waals surface area contributed by atoms with Crippen molar-refractivity contribution >= 4 is 34.4 Å². The predicted molar refractivity (Wildman–Crippen MR) is 107 cm³/mol. The summed E-state index contributed by atoms with van der Waals surface area (Å²) < 4.78 is 41.1. The van der Waals surface area contributed by atoms with E-state index in [0.29, 0.717) is 11.1 Å². The molecule has 0 atom stereocenters. The first-order chi connectivity index (χ1) is 13.1. The van der Waals surface area contributed by atoms with Gasteiger partial charge in [-0.3, -0.25) is 9.99 Å². The standard InChI is InChI=1S/C19H17F3N4OS/c1-10-5-11(2)7-13(6-10)26-16-8-12(19(20,21)22)3-4-14(16)15(17(26)27)9-24-25-18(23)28/h3-9,27H,1-2H3,(H3,23,25,28). The summed E-state index contributed by atoms with van der Waals surface area (Å²) >= 11 is 4.67. The Kier molecular flexibility index (Phi) is 5.03. The highest BCUT2D eigenvalue weighted by molar-refractivity contribution is 7.80. The lowest BCUT2D eigenvalue weighted by molar-refractivity contribution is -0.137. The molecule has 0 saturated heterocycles. The Morgan fingerprint density at radius 1 is 1.18 bits per heavy atom. The average molecular weight is 406 g/mol. The first-order valence-corrected chi connectivity index (χ1v) is 8.60. The minimum absolute atomic E-state index is 0.0758. The Balaban J connectivity index is 2.32. The van der Waals surface area contributed by atoms with Crippen LogP contribution in [0.3, 0.4) is 0 Å². The van der Waals surface area contributed by atoms with Crippen LogP contribution in [0, 0.1) is 13.8 Å². The van der Waals surface area contributed by atoms with Gasteiger partial charge < -0.3 is 10.8 Å². The quantitative estimate of drug-likeness (QED) is 0.347. The van der Waals surface area contributed by atoms with Crippen molar-refractivity contribution in [2.24, 2.45) is 10.8 Å². The Hall–Kier alpha value is -3.07. The van der Waals surface area contributed by atoms with Gasteiger partial charge in [0.25, 0.3) is 0 Å². The molecule has 4 N–H and O–H groups in total. The number of hydrogen-bond acceptors (Lipinski definition) is 3. The number of thiocarbonyl (C=S) groups is 1. The van der Waals surface area contributed by atoms with E-state index in [2.05, 4.69) is 22.7 Å². The summed E-state index contributed by atoms with van der Waals surface area (Å²) in [6.07, 6.45) is -3.24. The third-order valence-electron chi connectivity index (χ3n) is 4.14. The summed E-state index contributed by atoms with van der Waals surface area (Å²) in [5, 5.41) is 15.0. The zero-order valence-corrected chi connectivity index (χ0v) is 15.8. The molecule has 0 radical (unpaired) electrons. The van der Waals surface area contributed by atoms with Gasteiger partial charge in [0, 0.05) is 11.1 Å². The maximum atomic E-state index is 13.2. The molecule has 28 heavy (non-hydrogen) atoms. The number of nitrogens with two attached hydrogens (primary N) is 1. The van der Waals surface area contributed by atoms with Gasteiger partial charge in [-0.1, -0.05) is 12.1 Å². The molecule has 0 unspecified atom stereocenters. The largest absolute Gasteiger partial charge is 0.494 e. The molecule has 0 bridgehead atoms. The molecule has 1 aromatic heterocycles. The smallest absolute Gasteiger partial charge is 0.416 e. The van der Waals surface area contributed by atoms with E-state index >= 15 is 0 Å². The highest BCUT2D eigenvalue weighted by atomic mass is 32.1. The van der Waals surface area contributed by atoms with Crippen molar-refractivity contribution in [3.63, 3.8) is 0 Å². The second-order valence-electron chi connectivity index (χ2n) is 6.38. The Labute approximate surface area is 164 Å². The van der Waals surface area contributed by atoms with E-state index in [1.165, 1.54) is 16.8 Å². The van der Waals surface area contributed by atoms with E-state index in [4.69, 9.17) is 5.73 Å². The third kappa shape index (κ3) is 3.79. The molecule has 0 aliphatic carbocycles. The molecule has 0 fully saturated rings. The lowest BCUT2D eigenvalue weighted by Gasteiger charge is -2.11. The van der Waals surface area contributed by atoms with Crippen molar-refractivity contribution in [1.82, 2.24) is 9.99 Å². The SMILES string of the molecule is Cc1cc(C)cc(-n2c(O)c(C=NNC(N)=S)c3ccc(C(F)(F)F)cc32)c1. The molecule has 1 heterocycles. The zero-order valence-electron chi connectivity index (χ0n) is 15.0. The maximum absolute atomic E-state index is 13.2. The minimum atomic E-state index is -4.51. The topological polar surface area (TPSA) is 75.6 Å². The molecule has 0 spiro atoms. The predicted octanol–water partition coefficient (Wildman–Crippen LogP) is 4.14. The van der Waals surface area contributed by atoms with Crippen LogP contribution in [0.15, 0.2) is 41.5 Å². The first kappa shape index (κ1) is 19.7. The lowest BCUT2D eigenvalue weighted by Crippen LogP contribution is -2.23. The number of hydrazone groups is 1. The molecule has 3 aromatic rings. The van der Waals surface area contributed by atoms with E-state index in [1.54, 1.807) is 12.1 Å². The van der Waals surface area contributed by atoms with Crippen molar-refractivity contribution in [2.75, 3.05) is 0 Å². The summed E-state index contributed by atoms with van der Waals surface area (Å²) in [6.45, 7) is 3.74. The van der Waals surface area contributed by atoms with Gasteiger partial charge in [0.1, 0.15) is 0 Å². The number of nitrogens with zero attached hydrogens (tertiary/aromatic N) is 2. The molecule has 0 amide bonds. The summed E-state index contributed by atoms with van der Waals surface area (Å²) in [6, 6.07) is 8.76. The van der Waals surface area contributed by atoms with E-state index in [9.17, 15) is 18.3 Å². The fraction of sp³-hybridized carbons (Fsp3) is 0.158. The van der Waals surface area contributed by atoms with E-state index in [-0.39, 0.29) is 22.1 Å². The molecule has 2 aromatic carbocycles. The van der Waals surface area contributed by atoms with Crippen molar-refractivity contribution < 1.29 is 18.3 Å². The normalized spacial score (nSPS) is 12.0. The van der Waals surface area contributed by atoms with Crippen LogP contribution in [0.4, 0.5) is 13.2 Å². The van der Waals surface area contributed by atoms with Crippen molar-refractivity contribution in [1.29, 1.82) is 0 Å². The Morgan fingerprint density at radius 2 is 1.82 bits per heavy atom. The third-order valence-corrected chi connectivity index (χ3v) is 4.23. The number of hydrogen-bond donors (Lipinski definition) is 3. The van der Waals surface area contributed by atoms with E-state index in [0.717, 1.165) is 23.3 Å². The highest BCUT2D eigenvalue weighted by Crippen LogP contribution is 2.38. The fourth-order valence-electron chi connectivity index (χ4n) is 3.10. The number of alkyl halides is 3. The van der Waals surface area contributed by atoms with Gasteiger partial charge in [-0.05, 0) is 61.5 Å². The molecule has 0 aliphatic rings. The van der Waals surface area contributed by atoms with Crippen LogP contribution in [0.1, 0.15) is 22.3 Å². The van der Waals surface area contributed by atoms with Crippen molar-refractivity contribution in [3.8, 4) is 11.6 Å². The lowest BCUT2D eigenvalue weighted by atomic mass is 10.1. The van der Waals surface area contributed by atoms with Gasteiger partial charge in [-0.25, -0.2) is 0 Å². The number of fused-ring (bicyclic) bond motifs is 1. The average Bonchev–Trinajstić information content (AvgIpc) is 2.84. The number of rotatable bonds is 3. The van der Waals surface area contributed by atoms with E-state index in [1.807, 2.05) is 19.9 Å². The van der Waals surface area contributed by atoms with Crippen LogP contribution in [-0.2, 0) is 6.18 Å². The van der Waals surface area contributed by atoms with Gasteiger partial charge in [0.15, 0.2) is 5.11 Å². The molecule has 9 heteroatoms. The Bertz CT molecular complexity index is 1080. The van der Waals surface area contributed by atoms with Crippen molar-refractivity contribution in [2.45, 2.75) is 20.0 Å². The number of nitrogens with one attached hydrogen (secondary N) is 1. The second-order valence-corrected chi connectivity index (χ2v) is 6.82. The molecule has 3 rings (SSSR count). The summed E-state index contributed by atoms with van der Waals surface area (Å²) in [5.41, 5.74) is 9.68. The van der Waals surface area contributed by atoms with Gasteiger partial charge in [0.05, 0.1) is 22.9 Å². The van der Waals surface area contributed by atoms with Gasteiger partial charge in [-0.15, -0.1) is 0 Å². The number of aryl methyl sites for hydroxylation is 2.